The summed E-state index contributed by atoms with van der Waals surface area (Å²) < 4.78 is 27.5. The average Bonchev–Trinajstić information content (AvgIpc) is 2.66. The van der Waals surface area contributed by atoms with Crippen LogP contribution < -0.4 is 5.32 Å². The number of hydrogen-bond acceptors (Lipinski definition) is 6. The SMILES string of the molecule is Cc1cc(NCC(O)c2c(F)cccc2F)nc(-c2cccc([N+](=O)[O-])c2)n1. The van der Waals surface area contributed by atoms with Crippen LogP contribution in [0, 0.1) is 28.7 Å². The van der Waals surface area contributed by atoms with Crippen molar-refractivity contribution in [2.45, 2.75) is 13.0 Å². The second-order valence-corrected chi connectivity index (χ2v) is 6.06. The number of aromatic nitrogens is 2. The highest BCUT2D eigenvalue weighted by Gasteiger charge is 2.18. The van der Waals surface area contributed by atoms with Crippen LogP contribution in [-0.4, -0.2) is 26.5 Å². The van der Waals surface area contributed by atoms with E-state index in [0.29, 0.717) is 17.1 Å². The van der Waals surface area contributed by atoms with E-state index in [4.69, 9.17) is 0 Å². The normalized spacial score (nSPS) is 11.9. The van der Waals surface area contributed by atoms with E-state index in [-0.39, 0.29) is 18.1 Å². The van der Waals surface area contributed by atoms with Crippen LogP contribution in [0.4, 0.5) is 20.3 Å². The van der Waals surface area contributed by atoms with Gasteiger partial charge in [-0.15, -0.1) is 0 Å². The minimum Gasteiger partial charge on any atom is -0.386 e. The third kappa shape index (κ3) is 4.26. The van der Waals surface area contributed by atoms with Gasteiger partial charge < -0.3 is 10.4 Å². The number of aliphatic hydroxyl groups excluding tert-OH is 1. The maximum absolute atomic E-state index is 13.8. The fourth-order valence-electron chi connectivity index (χ4n) is 2.68. The van der Waals surface area contributed by atoms with Gasteiger partial charge in [0.1, 0.15) is 23.6 Å². The number of nitro benzene ring substituents is 1. The van der Waals surface area contributed by atoms with Crippen molar-refractivity contribution in [1.82, 2.24) is 9.97 Å². The molecule has 1 aromatic heterocycles. The van der Waals surface area contributed by atoms with Gasteiger partial charge >= 0.3 is 0 Å². The second-order valence-electron chi connectivity index (χ2n) is 6.06. The molecule has 0 spiro atoms. The Morgan fingerprint density at radius 2 is 1.82 bits per heavy atom. The van der Waals surface area contributed by atoms with Crippen molar-refractivity contribution in [3.05, 3.63) is 81.5 Å². The van der Waals surface area contributed by atoms with E-state index in [1.807, 2.05) is 0 Å². The molecule has 2 aromatic carbocycles. The van der Waals surface area contributed by atoms with Gasteiger partial charge in [-0.1, -0.05) is 18.2 Å². The van der Waals surface area contributed by atoms with Gasteiger partial charge in [0.2, 0.25) is 0 Å². The standard InChI is InChI=1S/C19H16F2N4O3/c1-11-8-17(22-10-16(26)18-14(20)6-3-7-15(18)21)24-19(23-11)12-4-2-5-13(9-12)25(27)28/h2-9,16,26H,10H2,1H3,(H,22,23,24). The minimum atomic E-state index is -1.43. The number of non-ortho nitro benzene ring substituents is 1. The highest BCUT2D eigenvalue weighted by molar-refractivity contribution is 5.61. The number of nitro groups is 1. The summed E-state index contributed by atoms with van der Waals surface area (Å²) >= 11 is 0. The molecule has 7 nitrogen and oxygen atoms in total. The van der Waals surface area contributed by atoms with Crippen LogP contribution in [0.5, 0.6) is 0 Å². The van der Waals surface area contributed by atoms with Crippen molar-refractivity contribution in [3.8, 4) is 11.4 Å². The maximum atomic E-state index is 13.8. The zero-order valence-corrected chi connectivity index (χ0v) is 14.8. The summed E-state index contributed by atoms with van der Waals surface area (Å²) in [7, 11) is 0. The van der Waals surface area contributed by atoms with Crippen molar-refractivity contribution in [2.75, 3.05) is 11.9 Å². The Morgan fingerprint density at radius 3 is 2.50 bits per heavy atom. The number of aliphatic hydroxyl groups is 1. The first-order chi connectivity index (χ1) is 13.3. The van der Waals surface area contributed by atoms with Gasteiger partial charge in [-0.2, -0.15) is 0 Å². The molecule has 0 saturated heterocycles. The van der Waals surface area contributed by atoms with E-state index in [2.05, 4.69) is 15.3 Å². The van der Waals surface area contributed by atoms with Crippen LogP contribution in [0.1, 0.15) is 17.4 Å². The molecule has 2 N–H and O–H groups in total. The molecule has 0 saturated carbocycles. The fourth-order valence-corrected chi connectivity index (χ4v) is 2.68. The Hall–Kier alpha value is -3.46. The molecule has 1 unspecified atom stereocenters. The average molecular weight is 386 g/mol. The summed E-state index contributed by atoms with van der Waals surface area (Å²) in [6.07, 6.45) is -1.43. The van der Waals surface area contributed by atoms with Crippen LogP contribution in [0.2, 0.25) is 0 Å². The quantitative estimate of drug-likeness (QED) is 0.494. The lowest BCUT2D eigenvalue weighted by Crippen LogP contribution is -2.16. The lowest BCUT2D eigenvalue weighted by molar-refractivity contribution is -0.384. The van der Waals surface area contributed by atoms with Crippen molar-refractivity contribution >= 4 is 11.5 Å². The second kappa shape index (κ2) is 8.05. The Kier molecular flexibility index (Phi) is 5.55. The number of halogens is 2. The summed E-state index contributed by atoms with van der Waals surface area (Å²) in [6.45, 7) is 1.52. The number of anilines is 1. The number of benzene rings is 2. The van der Waals surface area contributed by atoms with Gasteiger partial charge in [-0.3, -0.25) is 10.1 Å². The number of rotatable bonds is 6. The highest BCUT2D eigenvalue weighted by Crippen LogP contribution is 2.24. The van der Waals surface area contributed by atoms with Gasteiger partial charge in [-0.25, -0.2) is 18.7 Å². The molecule has 144 valence electrons. The number of nitrogens with one attached hydrogen (secondary N) is 1. The Labute approximate surface area is 158 Å². The predicted molar refractivity (Wildman–Crippen MR) is 98.7 cm³/mol. The van der Waals surface area contributed by atoms with Crippen LogP contribution in [0.3, 0.4) is 0 Å². The highest BCUT2D eigenvalue weighted by atomic mass is 19.1. The zero-order chi connectivity index (χ0) is 20.3. The maximum Gasteiger partial charge on any atom is 0.270 e. The van der Waals surface area contributed by atoms with Crippen LogP contribution in [0.15, 0.2) is 48.5 Å². The van der Waals surface area contributed by atoms with E-state index in [1.54, 1.807) is 19.1 Å². The van der Waals surface area contributed by atoms with Crippen molar-refractivity contribution in [1.29, 1.82) is 0 Å². The zero-order valence-electron chi connectivity index (χ0n) is 14.8. The molecule has 0 aliphatic rings. The fraction of sp³-hybridized carbons (Fsp3) is 0.158. The third-order valence-corrected chi connectivity index (χ3v) is 3.98. The summed E-state index contributed by atoms with van der Waals surface area (Å²) in [5, 5.41) is 23.9. The Bertz CT molecular complexity index is 1010. The molecule has 0 amide bonds. The van der Waals surface area contributed by atoms with Gasteiger partial charge in [0.15, 0.2) is 5.82 Å². The van der Waals surface area contributed by atoms with E-state index in [0.717, 1.165) is 12.1 Å². The summed E-state index contributed by atoms with van der Waals surface area (Å²) in [6, 6.07) is 10.8. The van der Waals surface area contributed by atoms with Crippen LogP contribution in [-0.2, 0) is 0 Å². The van der Waals surface area contributed by atoms with E-state index >= 15 is 0 Å². The van der Waals surface area contributed by atoms with Gasteiger partial charge in [0.25, 0.3) is 5.69 Å². The third-order valence-electron chi connectivity index (χ3n) is 3.98. The molecule has 0 bridgehead atoms. The molecule has 9 heteroatoms. The molecule has 3 aromatic rings. The Morgan fingerprint density at radius 1 is 1.14 bits per heavy atom. The van der Waals surface area contributed by atoms with E-state index in [9.17, 15) is 24.0 Å². The summed E-state index contributed by atoms with van der Waals surface area (Å²) in [4.78, 5) is 19.0. The lowest BCUT2D eigenvalue weighted by atomic mass is 10.1. The van der Waals surface area contributed by atoms with Crippen molar-refractivity contribution in [3.63, 3.8) is 0 Å². The first-order valence-electron chi connectivity index (χ1n) is 8.31. The number of nitrogens with zero attached hydrogens (tertiary/aromatic N) is 3. The van der Waals surface area contributed by atoms with Gasteiger partial charge in [0.05, 0.1) is 10.5 Å². The molecule has 28 heavy (non-hydrogen) atoms. The molecule has 0 aliphatic heterocycles. The molecule has 1 atom stereocenters. The number of hydrogen-bond donors (Lipinski definition) is 2. The largest absolute Gasteiger partial charge is 0.386 e. The first-order valence-corrected chi connectivity index (χ1v) is 8.31. The topological polar surface area (TPSA) is 101 Å². The van der Waals surface area contributed by atoms with Gasteiger partial charge in [-0.05, 0) is 19.1 Å². The van der Waals surface area contributed by atoms with Crippen LogP contribution >= 0.6 is 0 Å². The molecular weight excluding hydrogens is 370 g/mol. The van der Waals surface area contributed by atoms with E-state index in [1.165, 1.54) is 24.3 Å². The molecule has 1 heterocycles. The summed E-state index contributed by atoms with van der Waals surface area (Å²) in [5.74, 6) is -1.13. The first kappa shape index (κ1) is 19.3. The Balaban J connectivity index is 1.82. The smallest absolute Gasteiger partial charge is 0.270 e. The predicted octanol–water partition coefficient (Wildman–Crippen LogP) is 3.78. The van der Waals surface area contributed by atoms with Crippen molar-refractivity contribution < 1.29 is 18.8 Å². The monoisotopic (exact) mass is 386 g/mol. The van der Waals surface area contributed by atoms with Gasteiger partial charge in [0, 0.05) is 36.0 Å². The number of aryl methyl sites for hydroxylation is 1. The molecule has 0 aliphatic carbocycles. The molecule has 0 fully saturated rings. The molecule has 3 rings (SSSR count). The van der Waals surface area contributed by atoms with E-state index < -0.39 is 28.2 Å². The van der Waals surface area contributed by atoms with Crippen LogP contribution in [0.25, 0.3) is 11.4 Å². The van der Waals surface area contributed by atoms with Crippen molar-refractivity contribution in [2.24, 2.45) is 0 Å². The molecular formula is C19H16F2N4O3. The summed E-state index contributed by atoms with van der Waals surface area (Å²) in [5.41, 5.74) is 0.495. The minimum absolute atomic E-state index is 0.0948. The lowest BCUT2D eigenvalue weighted by Gasteiger charge is -2.15. The molecule has 0 radical (unpaired) electrons.